The molecular weight excluding hydrogens is 186 g/mol. The molecule has 0 saturated carbocycles. The molecule has 0 heterocycles. The van der Waals surface area contributed by atoms with Gasteiger partial charge in [-0.3, -0.25) is 9.00 Å². The monoisotopic (exact) mass is 205 g/mol. The average molecular weight is 205 g/mol. The van der Waals surface area contributed by atoms with Crippen LogP contribution in [0, 0.1) is 0 Å². The maximum absolute atomic E-state index is 11.4. The summed E-state index contributed by atoms with van der Waals surface area (Å²) in [6.45, 7) is 4.61. The van der Waals surface area contributed by atoms with E-state index in [1.165, 1.54) is 0 Å². The first-order chi connectivity index (χ1) is 6.11. The van der Waals surface area contributed by atoms with Gasteiger partial charge in [0.2, 0.25) is 0 Å². The van der Waals surface area contributed by atoms with Gasteiger partial charge in [-0.2, -0.15) is 0 Å². The Morgan fingerprint density at radius 3 is 2.46 bits per heavy atom. The number of nitrogens with one attached hydrogen (secondary N) is 1. The van der Waals surface area contributed by atoms with Crippen molar-refractivity contribution in [2.45, 2.75) is 32.7 Å². The van der Waals surface area contributed by atoms with Crippen molar-refractivity contribution in [2.24, 2.45) is 0 Å². The Balaban J connectivity index is 3.93. The van der Waals surface area contributed by atoms with Crippen LogP contribution in [0.15, 0.2) is 0 Å². The fraction of sp³-hybridized carbons (Fsp3) is 0.889. The van der Waals surface area contributed by atoms with Crippen molar-refractivity contribution in [3.05, 3.63) is 0 Å². The number of rotatable bonds is 7. The van der Waals surface area contributed by atoms with Crippen LogP contribution in [0.4, 0.5) is 0 Å². The van der Waals surface area contributed by atoms with Gasteiger partial charge in [-0.05, 0) is 13.0 Å². The molecule has 0 bridgehead atoms. The lowest BCUT2D eigenvalue weighted by molar-refractivity contribution is -0.120. The summed E-state index contributed by atoms with van der Waals surface area (Å²) < 4.78 is 10.8. The summed E-state index contributed by atoms with van der Waals surface area (Å²) in [5, 5.41) is 3.10. The molecular formula is C9H19NO2S. The number of Topliss-reactive ketones (excluding diaryl/α,β-unsaturated/α-hetero) is 1. The molecule has 0 spiro atoms. The summed E-state index contributed by atoms with van der Waals surface area (Å²) in [6, 6.07) is -0.0982. The van der Waals surface area contributed by atoms with Crippen molar-refractivity contribution in [3.8, 4) is 0 Å². The molecule has 2 atom stereocenters. The van der Waals surface area contributed by atoms with Crippen LogP contribution in [-0.2, 0) is 15.6 Å². The van der Waals surface area contributed by atoms with E-state index in [0.29, 0.717) is 18.6 Å². The van der Waals surface area contributed by atoms with Gasteiger partial charge in [0.1, 0.15) is 5.78 Å². The number of hydrogen-bond acceptors (Lipinski definition) is 3. The lowest BCUT2D eigenvalue weighted by atomic mass is 10.1. The Bertz CT molecular complexity index is 182. The molecule has 2 unspecified atom stereocenters. The second-order valence-corrected chi connectivity index (χ2v) is 4.55. The highest BCUT2D eigenvalue weighted by molar-refractivity contribution is 7.84. The van der Waals surface area contributed by atoms with Gasteiger partial charge in [-0.1, -0.05) is 13.8 Å². The first kappa shape index (κ1) is 12.8. The molecule has 0 aromatic carbocycles. The summed E-state index contributed by atoms with van der Waals surface area (Å²) >= 11 is 0. The van der Waals surface area contributed by atoms with Gasteiger partial charge in [0.15, 0.2) is 0 Å². The van der Waals surface area contributed by atoms with E-state index in [2.05, 4.69) is 5.32 Å². The second-order valence-electron chi connectivity index (χ2n) is 3.00. The number of ketones is 1. The molecule has 0 aliphatic heterocycles. The minimum atomic E-state index is -0.800. The van der Waals surface area contributed by atoms with Crippen molar-refractivity contribution < 1.29 is 9.00 Å². The molecule has 0 aliphatic rings. The SMILES string of the molecule is CCNC(CCS(C)=O)C(=O)CC. The van der Waals surface area contributed by atoms with Crippen LogP contribution in [0.3, 0.4) is 0 Å². The maximum Gasteiger partial charge on any atom is 0.149 e. The molecule has 0 saturated heterocycles. The Kier molecular flexibility index (Phi) is 7.09. The molecule has 0 aromatic heterocycles. The molecule has 13 heavy (non-hydrogen) atoms. The van der Waals surface area contributed by atoms with E-state index in [1.54, 1.807) is 6.26 Å². The van der Waals surface area contributed by atoms with Crippen LogP contribution < -0.4 is 5.32 Å². The van der Waals surface area contributed by atoms with E-state index in [1.807, 2.05) is 13.8 Å². The molecule has 0 aromatic rings. The third-order valence-corrected chi connectivity index (χ3v) is 2.69. The molecule has 0 radical (unpaired) electrons. The van der Waals surface area contributed by atoms with Gasteiger partial charge in [-0.25, -0.2) is 0 Å². The molecule has 0 rings (SSSR count). The average Bonchev–Trinajstić information content (AvgIpc) is 2.10. The van der Waals surface area contributed by atoms with Gasteiger partial charge in [0, 0.05) is 29.2 Å². The largest absolute Gasteiger partial charge is 0.308 e. The van der Waals surface area contributed by atoms with Crippen molar-refractivity contribution in [2.75, 3.05) is 18.6 Å². The van der Waals surface area contributed by atoms with Crippen LogP contribution in [0.1, 0.15) is 26.7 Å². The fourth-order valence-electron chi connectivity index (χ4n) is 1.15. The Hall–Kier alpha value is -0.220. The van der Waals surface area contributed by atoms with Crippen molar-refractivity contribution >= 4 is 16.6 Å². The minimum absolute atomic E-state index is 0.0982. The molecule has 3 nitrogen and oxygen atoms in total. The van der Waals surface area contributed by atoms with Gasteiger partial charge in [0.25, 0.3) is 0 Å². The van der Waals surface area contributed by atoms with E-state index in [-0.39, 0.29) is 11.8 Å². The highest BCUT2D eigenvalue weighted by atomic mass is 32.2. The van der Waals surface area contributed by atoms with E-state index in [4.69, 9.17) is 0 Å². The van der Waals surface area contributed by atoms with Crippen molar-refractivity contribution in [3.63, 3.8) is 0 Å². The third kappa shape index (κ3) is 5.93. The van der Waals surface area contributed by atoms with Gasteiger partial charge in [0.05, 0.1) is 6.04 Å². The van der Waals surface area contributed by atoms with Crippen LogP contribution in [0.2, 0.25) is 0 Å². The van der Waals surface area contributed by atoms with Crippen LogP contribution in [0.5, 0.6) is 0 Å². The standard InChI is InChI=1S/C9H19NO2S/c1-4-9(11)8(10-5-2)6-7-13(3)12/h8,10H,4-7H2,1-3H3. The highest BCUT2D eigenvalue weighted by Crippen LogP contribution is 1.98. The lowest BCUT2D eigenvalue weighted by Gasteiger charge is -2.14. The Morgan fingerprint density at radius 1 is 1.46 bits per heavy atom. The number of likely N-dealkylation sites (N-methyl/N-ethyl adjacent to an activating group) is 1. The van der Waals surface area contributed by atoms with Gasteiger partial charge in [-0.15, -0.1) is 0 Å². The third-order valence-electron chi connectivity index (χ3n) is 1.88. The lowest BCUT2D eigenvalue weighted by Crippen LogP contribution is -2.37. The first-order valence-electron chi connectivity index (χ1n) is 4.67. The highest BCUT2D eigenvalue weighted by Gasteiger charge is 2.14. The summed E-state index contributed by atoms with van der Waals surface area (Å²) in [6.07, 6.45) is 2.90. The zero-order valence-electron chi connectivity index (χ0n) is 8.63. The summed E-state index contributed by atoms with van der Waals surface area (Å²) in [7, 11) is -0.800. The number of carbonyl (C=O) groups is 1. The van der Waals surface area contributed by atoms with Crippen molar-refractivity contribution in [1.82, 2.24) is 5.32 Å². The molecule has 1 N–H and O–H groups in total. The molecule has 0 amide bonds. The van der Waals surface area contributed by atoms with Gasteiger partial charge >= 0.3 is 0 Å². The van der Waals surface area contributed by atoms with E-state index in [0.717, 1.165) is 6.54 Å². The van der Waals surface area contributed by atoms with Crippen LogP contribution >= 0.6 is 0 Å². The summed E-state index contributed by atoms with van der Waals surface area (Å²) in [5.74, 6) is 0.816. The second kappa shape index (κ2) is 7.21. The normalized spacial score (nSPS) is 15.3. The topological polar surface area (TPSA) is 46.2 Å². The van der Waals surface area contributed by atoms with E-state index in [9.17, 15) is 9.00 Å². The van der Waals surface area contributed by atoms with Crippen LogP contribution in [0.25, 0.3) is 0 Å². The quantitative estimate of drug-likeness (QED) is 0.666. The van der Waals surface area contributed by atoms with E-state index >= 15 is 0 Å². The maximum atomic E-state index is 11.4. The first-order valence-corrected chi connectivity index (χ1v) is 6.40. The summed E-state index contributed by atoms with van der Waals surface area (Å²) in [4.78, 5) is 11.4. The van der Waals surface area contributed by atoms with E-state index < -0.39 is 10.8 Å². The zero-order valence-corrected chi connectivity index (χ0v) is 9.45. The molecule has 4 heteroatoms. The molecule has 0 aliphatic carbocycles. The summed E-state index contributed by atoms with van der Waals surface area (Å²) in [5.41, 5.74) is 0. The number of hydrogen-bond donors (Lipinski definition) is 1. The fourth-order valence-corrected chi connectivity index (χ4v) is 1.72. The predicted octanol–water partition coefficient (Wildman–Crippen LogP) is 0.712. The predicted molar refractivity (Wildman–Crippen MR) is 56.3 cm³/mol. The molecule has 0 fully saturated rings. The number of carbonyl (C=O) groups excluding carboxylic acids is 1. The smallest absolute Gasteiger partial charge is 0.149 e. The molecule has 78 valence electrons. The van der Waals surface area contributed by atoms with Crippen molar-refractivity contribution in [1.29, 1.82) is 0 Å². The van der Waals surface area contributed by atoms with Crippen LogP contribution in [-0.4, -0.2) is 34.6 Å². The Labute approximate surface area is 82.7 Å². The van der Waals surface area contributed by atoms with Gasteiger partial charge < -0.3 is 5.32 Å². The zero-order chi connectivity index (χ0) is 10.3. The minimum Gasteiger partial charge on any atom is -0.308 e. The Morgan fingerprint density at radius 2 is 2.08 bits per heavy atom.